The number of rotatable bonds is 5. The van der Waals surface area contributed by atoms with Crippen molar-refractivity contribution in [2.75, 3.05) is 18.4 Å². The van der Waals surface area contributed by atoms with E-state index in [1.807, 2.05) is 6.07 Å². The van der Waals surface area contributed by atoms with Gasteiger partial charge >= 0.3 is 0 Å². The number of likely N-dealkylation sites (tertiary alicyclic amines) is 1. The van der Waals surface area contributed by atoms with Crippen molar-refractivity contribution in [1.29, 1.82) is 0 Å². The molecule has 0 aliphatic carbocycles. The van der Waals surface area contributed by atoms with E-state index in [1.54, 1.807) is 11.3 Å². The van der Waals surface area contributed by atoms with Crippen LogP contribution in [-0.2, 0) is 13.1 Å². The number of hydrogen-bond acceptors (Lipinski definition) is 4. The van der Waals surface area contributed by atoms with E-state index in [-0.39, 0.29) is 0 Å². The zero-order valence-corrected chi connectivity index (χ0v) is 14.0. The lowest BCUT2D eigenvalue weighted by atomic mass is 10.1. The molecule has 2 aromatic carbocycles. The lowest BCUT2D eigenvalue weighted by molar-refractivity contribution is 0.330. The highest BCUT2D eigenvalue weighted by atomic mass is 32.1. The Balaban J connectivity index is 1.47. The molecule has 0 amide bonds. The van der Waals surface area contributed by atoms with E-state index in [2.05, 4.69) is 57.7 Å². The summed E-state index contributed by atoms with van der Waals surface area (Å²) < 4.78 is 1.24. The minimum absolute atomic E-state index is 0.837. The Morgan fingerprint density at radius 2 is 1.70 bits per heavy atom. The predicted molar refractivity (Wildman–Crippen MR) is 97.9 cm³/mol. The molecule has 2 heterocycles. The van der Waals surface area contributed by atoms with E-state index in [4.69, 9.17) is 0 Å². The third kappa shape index (κ3) is 3.38. The summed E-state index contributed by atoms with van der Waals surface area (Å²) in [4.78, 5) is 7.21. The second kappa shape index (κ2) is 6.69. The third-order valence-corrected chi connectivity index (χ3v) is 5.43. The van der Waals surface area contributed by atoms with E-state index in [9.17, 15) is 0 Å². The van der Waals surface area contributed by atoms with E-state index >= 15 is 0 Å². The Morgan fingerprint density at radius 3 is 2.52 bits per heavy atom. The second-order valence-electron chi connectivity index (χ2n) is 6.09. The smallest absolute Gasteiger partial charge is 0.184 e. The summed E-state index contributed by atoms with van der Waals surface area (Å²) in [5.41, 5.74) is 3.88. The number of aromatic nitrogens is 1. The summed E-state index contributed by atoms with van der Waals surface area (Å²) in [5.74, 6) is 0. The number of nitrogens with one attached hydrogen (secondary N) is 1. The zero-order chi connectivity index (χ0) is 15.5. The van der Waals surface area contributed by atoms with Crippen LogP contribution in [0, 0.1) is 0 Å². The average Bonchev–Trinajstić information content (AvgIpc) is 3.23. The molecule has 0 unspecified atom stereocenters. The molecule has 1 aromatic heterocycles. The van der Waals surface area contributed by atoms with Crippen LogP contribution in [0.3, 0.4) is 0 Å². The fourth-order valence-corrected chi connectivity index (χ4v) is 4.05. The molecular formula is C19H21N3S. The molecule has 0 bridgehead atoms. The molecule has 4 rings (SSSR count). The Kier molecular flexibility index (Phi) is 4.26. The van der Waals surface area contributed by atoms with Crippen LogP contribution in [0.25, 0.3) is 10.2 Å². The van der Waals surface area contributed by atoms with Gasteiger partial charge in [-0.05, 0) is 49.2 Å². The standard InChI is InChI=1S/C19H21N3S/c1-2-8-16(14-22-11-5-6-12-22)15(7-1)13-20-19-21-17-9-3-4-10-18(17)23-19/h1-4,7-10H,5-6,11-14H2,(H,20,21). The molecule has 1 saturated heterocycles. The van der Waals surface area contributed by atoms with E-state index in [0.717, 1.165) is 23.7 Å². The van der Waals surface area contributed by atoms with E-state index in [0.29, 0.717) is 0 Å². The SMILES string of the molecule is c1ccc(CN2CCCC2)c(CNc2nc3ccccc3s2)c1. The van der Waals surface area contributed by atoms with Gasteiger partial charge in [-0.2, -0.15) is 0 Å². The van der Waals surface area contributed by atoms with Crippen LogP contribution in [0.5, 0.6) is 0 Å². The van der Waals surface area contributed by atoms with Crippen molar-refractivity contribution in [3.63, 3.8) is 0 Å². The van der Waals surface area contributed by atoms with Crippen LogP contribution in [0.4, 0.5) is 5.13 Å². The fraction of sp³-hybridized carbons (Fsp3) is 0.316. The number of hydrogen-bond donors (Lipinski definition) is 1. The molecule has 1 fully saturated rings. The topological polar surface area (TPSA) is 28.2 Å². The molecule has 0 atom stereocenters. The highest BCUT2D eigenvalue weighted by Gasteiger charge is 2.13. The first-order chi connectivity index (χ1) is 11.4. The highest BCUT2D eigenvalue weighted by Crippen LogP contribution is 2.26. The van der Waals surface area contributed by atoms with Crippen LogP contribution in [0.15, 0.2) is 48.5 Å². The maximum Gasteiger partial charge on any atom is 0.184 e. The van der Waals surface area contributed by atoms with Crippen molar-refractivity contribution in [2.24, 2.45) is 0 Å². The van der Waals surface area contributed by atoms with Crippen molar-refractivity contribution >= 4 is 26.7 Å². The molecular weight excluding hydrogens is 302 g/mol. The zero-order valence-electron chi connectivity index (χ0n) is 13.2. The summed E-state index contributed by atoms with van der Waals surface area (Å²) in [6, 6.07) is 17.1. The number of nitrogens with zero attached hydrogens (tertiary/aromatic N) is 2. The maximum absolute atomic E-state index is 4.66. The van der Waals surface area contributed by atoms with Gasteiger partial charge in [-0.15, -0.1) is 0 Å². The normalized spacial score (nSPS) is 15.3. The highest BCUT2D eigenvalue weighted by molar-refractivity contribution is 7.22. The molecule has 0 saturated carbocycles. The lowest BCUT2D eigenvalue weighted by Gasteiger charge is -2.17. The Bertz CT molecular complexity index is 757. The minimum atomic E-state index is 0.837. The quantitative estimate of drug-likeness (QED) is 0.749. The summed E-state index contributed by atoms with van der Waals surface area (Å²) in [6.45, 7) is 4.38. The molecule has 0 spiro atoms. The predicted octanol–water partition coefficient (Wildman–Crippen LogP) is 4.50. The van der Waals surface area contributed by atoms with Gasteiger partial charge in [0, 0.05) is 13.1 Å². The van der Waals surface area contributed by atoms with Gasteiger partial charge in [0.2, 0.25) is 0 Å². The number of thiazole rings is 1. The van der Waals surface area contributed by atoms with Gasteiger partial charge in [-0.1, -0.05) is 47.7 Å². The molecule has 118 valence electrons. The molecule has 1 aliphatic heterocycles. The number of anilines is 1. The second-order valence-corrected chi connectivity index (χ2v) is 7.12. The molecule has 1 N–H and O–H groups in total. The van der Waals surface area contributed by atoms with Crippen molar-refractivity contribution in [1.82, 2.24) is 9.88 Å². The van der Waals surface area contributed by atoms with Gasteiger partial charge in [-0.25, -0.2) is 4.98 Å². The Morgan fingerprint density at radius 1 is 0.957 bits per heavy atom. The van der Waals surface area contributed by atoms with Crippen molar-refractivity contribution in [3.05, 3.63) is 59.7 Å². The number of benzene rings is 2. The monoisotopic (exact) mass is 323 g/mol. The first-order valence-electron chi connectivity index (χ1n) is 8.27. The summed E-state index contributed by atoms with van der Waals surface area (Å²) in [7, 11) is 0. The van der Waals surface area contributed by atoms with E-state index in [1.165, 1.54) is 41.8 Å². The first-order valence-corrected chi connectivity index (χ1v) is 9.09. The van der Waals surface area contributed by atoms with Crippen molar-refractivity contribution in [2.45, 2.75) is 25.9 Å². The minimum Gasteiger partial charge on any atom is -0.357 e. The van der Waals surface area contributed by atoms with Crippen LogP contribution in [0.1, 0.15) is 24.0 Å². The van der Waals surface area contributed by atoms with Gasteiger partial charge in [0.05, 0.1) is 10.2 Å². The summed E-state index contributed by atoms with van der Waals surface area (Å²) >= 11 is 1.72. The summed E-state index contributed by atoms with van der Waals surface area (Å²) in [6.07, 6.45) is 2.68. The van der Waals surface area contributed by atoms with Crippen LogP contribution < -0.4 is 5.32 Å². The van der Waals surface area contributed by atoms with Gasteiger partial charge < -0.3 is 5.32 Å². The van der Waals surface area contributed by atoms with Crippen molar-refractivity contribution < 1.29 is 0 Å². The third-order valence-electron chi connectivity index (χ3n) is 4.43. The average molecular weight is 323 g/mol. The molecule has 0 radical (unpaired) electrons. The molecule has 1 aliphatic rings. The molecule has 23 heavy (non-hydrogen) atoms. The Labute approximate surface area is 141 Å². The van der Waals surface area contributed by atoms with Gasteiger partial charge in [0.1, 0.15) is 0 Å². The molecule has 4 heteroatoms. The van der Waals surface area contributed by atoms with Crippen LogP contribution >= 0.6 is 11.3 Å². The maximum atomic E-state index is 4.66. The summed E-state index contributed by atoms with van der Waals surface area (Å²) in [5, 5.41) is 4.51. The van der Waals surface area contributed by atoms with Gasteiger partial charge in [0.15, 0.2) is 5.13 Å². The van der Waals surface area contributed by atoms with Crippen molar-refractivity contribution in [3.8, 4) is 0 Å². The lowest BCUT2D eigenvalue weighted by Crippen LogP contribution is -2.19. The van der Waals surface area contributed by atoms with Crippen LogP contribution in [0.2, 0.25) is 0 Å². The Hall–Kier alpha value is -1.91. The van der Waals surface area contributed by atoms with Gasteiger partial charge in [-0.3, -0.25) is 4.90 Å². The van der Waals surface area contributed by atoms with Gasteiger partial charge in [0.25, 0.3) is 0 Å². The van der Waals surface area contributed by atoms with Crippen LogP contribution in [-0.4, -0.2) is 23.0 Å². The number of para-hydroxylation sites is 1. The fourth-order valence-electron chi connectivity index (χ4n) is 3.18. The largest absolute Gasteiger partial charge is 0.357 e. The van der Waals surface area contributed by atoms with E-state index < -0.39 is 0 Å². The molecule has 3 nitrogen and oxygen atoms in total. The first kappa shape index (κ1) is 14.7. The molecule has 3 aromatic rings. The number of fused-ring (bicyclic) bond motifs is 1.